The Balaban J connectivity index is 1.43. The molecule has 4 rings (SSSR count). The number of piperazine rings is 1. The van der Waals surface area contributed by atoms with E-state index in [1.807, 2.05) is 4.90 Å². The van der Waals surface area contributed by atoms with E-state index < -0.39 is 10.0 Å². The van der Waals surface area contributed by atoms with Crippen LogP contribution in [0.15, 0.2) is 33.6 Å². The number of carbonyl (C=O) groups excluding carboxylic acids is 1. The van der Waals surface area contributed by atoms with Crippen molar-refractivity contribution in [2.24, 2.45) is 4.40 Å². The van der Waals surface area contributed by atoms with E-state index in [-0.39, 0.29) is 16.8 Å². The Morgan fingerprint density at radius 2 is 2.00 bits per heavy atom. The van der Waals surface area contributed by atoms with Gasteiger partial charge in [-0.25, -0.2) is 0 Å². The van der Waals surface area contributed by atoms with Crippen molar-refractivity contribution in [1.29, 1.82) is 0 Å². The maximum absolute atomic E-state index is 12.7. The van der Waals surface area contributed by atoms with Crippen LogP contribution in [-0.2, 0) is 14.8 Å². The van der Waals surface area contributed by atoms with Gasteiger partial charge in [0.15, 0.2) is 5.84 Å². The molecule has 1 aromatic rings. The predicted molar refractivity (Wildman–Crippen MR) is 102 cm³/mol. The van der Waals surface area contributed by atoms with Gasteiger partial charge in [0, 0.05) is 51.4 Å². The van der Waals surface area contributed by atoms with Gasteiger partial charge in [0.2, 0.25) is 5.91 Å². The highest BCUT2D eigenvalue weighted by Crippen LogP contribution is 2.31. The van der Waals surface area contributed by atoms with Crippen molar-refractivity contribution in [3.05, 3.63) is 29.8 Å². The number of amidine groups is 1. The van der Waals surface area contributed by atoms with E-state index in [2.05, 4.69) is 19.9 Å². The number of fused-ring (bicyclic) bond motifs is 1. The Morgan fingerprint density at radius 3 is 2.81 bits per heavy atom. The summed E-state index contributed by atoms with van der Waals surface area (Å²) in [6, 6.07) is 6.46. The monoisotopic (exact) mass is 391 g/mol. The molecule has 1 aromatic carbocycles. The van der Waals surface area contributed by atoms with E-state index in [0.717, 1.165) is 39.1 Å². The largest absolute Gasteiger partial charge is 0.353 e. The molecule has 0 aliphatic carbocycles. The average Bonchev–Trinajstić information content (AvgIpc) is 3.26. The fourth-order valence-corrected chi connectivity index (χ4v) is 5.20. The minimum Gasteiger partial charge on any atom is -0.353 e. The average molecular weight is 391 g/mol. The molecule has 3 aliphatic rings. The standard InChI is InChI=1S/C18H25N5O3S/c24-18(20-9-13-22-11-7-19-8-12-22)15-5-3-10-23(15)17-14-4-1-2-6-16(14)27(25,26)21-17/h1-2,4,6,15,19H,3,5,7-13H2,(H,20,24). The summed E-state index contributed by atoms with van der Waals surface area (Å²) in [5.41, 5.74) is 0.595. The van der Waals surface area contributed by atoms with Crippen molar-refractivity contribution >= 4 is 21.8 Å². The van der Waals surface area contributed by atoms with E-state index in [9.17, 15) is 13.2 Å². The molecule has 2 N–H and O–H groups in total. The Labute approximate surface area is 159 Å². The van der Waals surface area contributed by atoms with Gasteiger partial charge in [-0.3, -0.25) is 9.69 Å². The highest BCUT2D eigenvalue weighted by atomic mass is 32.2. The van der Waals surface area contributed by atoms with Crippen LogP contribution in [-0.4, -0.2) is 81.8 Å². The highest BCUT2D eigenvalue weighted by Gasteiger charge is 2.39. The lowest BCUT2D eigenvalue weighted by atomic mass is 10.1. The summed E-state index contributed by atoms with van der Waals surface area (Å²) >= 11 is 0. The molecule has 2 saturated heterocycles. The molecule has 3 aliphatic heterocycles. The van der Waals surface area contributed by atoms with Crippen LogP contribution >= 0.6 is 0 Å². The normalized spacial score (nSPS) is 24.5. The summed E-state index contributed by atoms with van der Waals surface area (Å²) in [5, 5.41) is 6.34. The number of benzene rings is 1. The molecule has 0 spiro atoms. The minimum absolute atomic E-state index is 0.0490. The summed E-state index contributed by atoms with van der Waals surface area (Å²) in [6.07, 6.45) is 1.55. The van der Waals surface area contributed by atoms with Crippen LogP contribution < -0.4 is 10.6 Å². The van der Waals surface area contributed by atoms with Gasteiger partial charge in [-0.15, -0.1) is 4.40 Å². The molecule has 1 amide bonds. The van der Waals surface area contributed by atoms with Gasteiger partial charge in [-0.2, -0.15) is 8.42 Å². The van der Waals surface area contributed by atoms with Gasteiger partial charge in [0.1, 0.15) is 10.9 Å². The summed E-state index contributed by atoms with van der Waals surface area (Å²) in [5.74, 6) is 0.359. The van der Waals surface area contributed by atoms with Crippen LogP contribution in [0.2, 0.25) is 0 Å². The zero-order valence-electron chi connectivity index (χ0n) is 15.2. The molecular formula is C18H25N5O3S. The van der Waals surface area contributed by atoms with Gasteiger partial charge in [-0.1, -0.05) is 12.1 Å². The molecule has 1 atom stereocenters. The van der Waals surface area contributed by atoms with Gasteiger partial charge in [0.25, 0.3) is 10.0 Å². The number of likely N-dealkylation sites (tertiary alicyclic amines) is 1. The van der Waals surface area contributed by atoms with E-state index >= 15 is 0 Å². The predicted octanol–water partition coefficient (Wildman–Crippen LogP) is -0.379. The van der Waals surface area contributed by atoms with E-state index in [4.69, 9.17) is 0 Å². The van der Waals surface area contributed by atoms with E-state index in [1.165, 1.54) is 0 Å². The van der Waals surface area contributed by atoms with Crippen LogP contribution in [0.1, 0.15) is 18.4 Å². The Hall–Kier alpha value is -1.97. The molecule has 146 valence electrons. The van der Waals surface area contributed by atoms with Crippen molar-refractivity contribution in [2.75, 3.05) is 45.8 Å². The number of nitrogens with one attached hydrogen (secondary N) is 2. The SMILES string of the molecule is O=C(NCCN1CCNCC1)C1CCCN1C1=NS(=O)(=O)c2ccccc21. The number of rotatable bonds is 4. The van der Waals surface area contributed by atoms with Crippen LogP contribution in [0.4, 0.5) is 0 Å². The third kappa shape index (κ3) is 3.71. The molecule has 3 heterocycles. The molecule has 0 radical (unpaired) electrons. The lowest BCUT2D eigenvalue weighted by Gasteiger charge is -2.28. The van der Waals surface area contributed by atoms with Crippen LogP contribution in [0.5, 0.6) is 0 Å². The lowest BCUT2D eigenvalue weighted by molar-refractivity contribution is -0.124. The Morgan fingerprint density at radius 1 is 1.22 bits per heavy atom. The Kier molecular flexibility index (Phi) is 5.16. The summed E-state index contributed by atoms with van der Waals surface area (Å²) < 4.78 is 28.6. The summed E-state index contributed by atoms with van der Waals surface area (Å²) in [6.45, 7) is 6.03. The van der Waals surface area contributed by atoms with Gasteiger partial charge in [-0.05, 0) is 25.0 Å². The first-order valence-corrected chi connectivity index (χ1v) is 10.9. The molecule has 1 unspecified atom stereocenters. The van der Waals surface area contributed by atoms with Crippen molar-refractivity contribution < 1.29 is 13.2 Å². The van der Waals surface area contributed by atoms with Gasteiger partial charge >= 0.3 is 0 Å². The number of sulfonamides is 1. The van der Waals surface area contributed by atoms with Crippen molar-refractivity contribution in [2.45, 2.75) is 23.8 Å². The second kappa shape index (κ2) is 7.57. The maximum Gasteiger partial charge on any atom is 0.285 e. The number of amides is 1. The molecule has 0 bridgehead atoms. The van der Waals surface area contributed by atoms with E-state index in [0.29, 0.717) is 30.9 Å². The fraction of sp³-hybridized carbons (Fsp3) is 0.556. The second-order valence-corrected chi connectivity index (χ2v) is 8.69. The van der Waals surface area contributed by atoms with Crippen molar-refractivity contribution in [3.8, 4) is 0 Å². The second-order valence-electron chi connectivity index (χ2n) is 7.12. The fourth-order valence-electron chi connectivity index (χ4n) is 3.98. The number of hydrogen-bond donors (Lipinski definition) is 2. The van der Waals surface area contributed by atoms with Crippen LogP contribution in [0.25, 0.3) is 0 Å². The molecule has 9 heteroatoms. The molecule has 27 heavy (non-hydrogen) atoms. The third-order valence-corrected chi connectivity index (χ3v) is 6.70. The number of carbonyl (C=O) groups is 1. The van der Waals surface area contributed by atoms with Crippen molar-refractivity contribution in [1.82, 2.24) is 20.4 Å². The smallest absolute Gasteiger partial charge is 0.285 e. The maximum atomic E-state index is 12.7. The number of hydrogen-bond acceptors (Lipinski definition) is 6. The number of nitrogens with zero attached hydrogens (tertiary/aromatic N) is 3. The molecule has 0 saturated carbocycles. The zero-order valence-corrected chi connectivity index (χ0v) is 16.0. The molecule has 8 nitrogen and oxygen atoms in total. The molecule has 2 fully saturated rings. The molecular weight excluding hydrogens is 366 g/mol. The van der Waals surface area contributed by atoms with E-state index in [1.54, 1.807) is 24.3 Å². The third-order valence-electron chi connectivity index (χ3n) is 5.38. The highest BCUT2D eigenvalue weighted by molar-refractivity contribution is 7.90. The zero-order chi connectivity index (χ0) is 18.9. The van der Waals surface area contributed by atoms with Gasteiger partial charge in [0.05, 0.1) is 0 Å². The Bertz CT molecular complexity index is 848. The van der Waals surface area contributed by atoms with Crippen molar-refractivity contribution in [3.63, 3.8) is 0 Å². The lowest BCUT2D eigenvalue weighted by Crippen LogP contribution is -2.49. The van der Waals surface area contributed by atoms with Gasteiger partial charge < -0.3 is 15.5 Å². The van der Waals surface area contributed by atoms with Crippen LogP contribution in [0, 0.1) is 0 Å². The first-order chi connectivity index (χ1) is 13.1. The first-order valence-electron chi connectivity index (χ1n) is 9.48. The molecule has 0 aromatic heterocycles. The van der Waals surface area contributed by atoms with Crippen LogP contribution in [0.3, 0.4) is 0 Å². The topological polar surface area (TPSA) is 94.1 Å². The summed E-state index contributed by atoms with van der Waals surface area (Å²) in [4.78, 5) is 17.1. The first kappa shape index (κ1) is 18.4. The quantitative estimate of drug-likeness (QED) is 0.727. The summed E-state index contributed by atoms with van der Waals surface area (Å²) in [7, 11) is -3.67. The minimum atomic E-state index is -3.67.